The molecule has 0 spiro atoms. The van der Waals surface area contributed by atoms with Crippen molar-refractivity contribution in [2.24, 2.45) is 0 Å². The predicted molar refractivity (Wildman–Crippen MR) is 71.7 cm³/mol. The van der Waals surface area contributed by atoms with Crippen LogP contribution in [0.25, 0.3) is 0 Å². The zero-order valence-corrected chi connectivity index (χ0v) is 10.4. The first kappa shape index (κ1) is 11.9. The third kappa shape index (κ3) is 3.18. The van der Waals surface area contributed by atoms with Crippen LogP contribution in [0.2, 0.25) is 0 Å². The molecule has 1 radical (unpaired) electrons. The molecule has 2 rings (SSSR count). The van der Waals surface area contributed by atoms with Crippen molar-refractivity contribution in [1.29, 1.82) is 0 Å². The second-order valence-corrected chi connectivity index (χ2v) is 4.73. The fourth-order valence-corrected chi connectivity index (χ4v) is 1.81. The maximum absolute atomic E-state index is 4.80. The summed E-state index contributed by atoms with van der Waals surface area (Å²) in [5, 5.41) is 4.80. The van der Waals surface area contributed by atoms with Gasteiger partial charge in [0, 0.05) is 6.54 Å². The minimum Gasteiger partial charge on any atom is -0.226 e. The van der Waals surface area contributed by atoms with Gasteiger partial charge in [-0.15, -0.1) is 0 Å². The topological polar surface area (TPSA) is 14.1 Å². The quantitative estimate of drug-likeness (QED) is 0.751. The van der Waals surface area contributed by atoms with Crippen LogP contribution in [0.4, 0.5) is 0 Å². The second-order valence-electron chi connectivity index (χ2n) is 4.73. The van der Waals surface area contributed by atoms with Gasteiger partial charge in [0.15, 0.2) is 0 Å². The number of hydrogen-bond donors (Lipinski definition) is 0. The third-order valence-corrected chi connectivity index (χ3v) is 2.98. The summed E-state index contributed by atoms with van der Waals surface area (Å²) < 4.78 is 0. The summed E-state index contributed by atoms with van der Waals surface area (Å²) in [4.78, 5) is 0. The lowest BCUT2D eigenvalue weighted by Crippen LogP contribution is -2.29. The van der Waals surface area contributed by atoms with Crippen LogP contribution in [0.5, 0.6) is 0 Å². The molecule has 2 aromatic carbocycles. The molecular formula is C16H18N. The van der Waals surface area contributed by atoms with Crippen molar-refractivity contribution in [2.75, 3.05) is 0 Å². The second kappa shape index (κ2) is 5.15. The molecule has 0 fully saturated rings. The molecule has 0 bridgehead atoms. The Kier molecular flexibility index (Phi) is 3.60. The van der Waals surface area contributed by atoms with Crippen LogP contribution in [0, 0.1) is 0 Å². The highest BCUT2D eigenvalue weighted by atomic mass is 14.9. The molecule has 0 heterocycles. The SMILES string of the molecule is CC(C)([N]Cc1ccccc1)c1ccccc1. The van der Waals surface area contributed by atoms with Crippen LogP contribution in [0.1, 0.15) is 25.0 Å². The summed E-state index contributed by atoms with van der Waals surface area (Å²) in [6.07, 6.45) is 0. The van der Waals surface area contributed by atoms with E-state index >= 15 is 0 Å². The summed E-state index contributed by atoms with van der Waals surface area (Å²) in [5.74, 6) is 0. The van der Waals surface area contributed by atoms with E-state index in [-0.39, 0.29) is 5.54 Å². The van der Waals surface area contributed by atoms with Crippen LogP contribution >= 0.6 is 0 Å². The van der Waals surface area contributed by atoms with Crippen molar-refractivity contribution in [3.8, 4) is 0 Å². The molecule has 0 aromatic heterocycles. The zero-order valence-electron chi connectivity index (χ0n) is 10.4. The van der Waals surface area contributed by atoms with Gasteiger partial charge >= 0.3 is 0 Å². The molecule has 0 atom stereocenters. The van der Waals surface area contributed by atoms with Crippen LogP contribution in [-0.4, -0.2) is 0 Å². The lowest BCUT2D eigenvalue weighted by molar-refractivity contribution is 0.390. The van der Waals surface area contributed by atoms with Crippen molar-refractivity contribution >= 4 is 0 Å². The maximum Gasteiger partial charge on any atom is 0.0552 e. The average Bonchev–Trinajstić information content (AvgIpc) is 2.39. The number of rotatable bonds is 4. The van der Waals surface area contributed by atoms with Crippen molar-refractivity contribution in [1.82, 2.24) is 5.32 Å². The van der Waals surface area contributed by atoms with E-state index in [9.17, 15) is 0 Å². The van der Waals surface area contributed by atoms with Gasteiger partial charge in [-0.25, -0.2) is 5.32 Å². The highest BCUT2D eigenvalue weighted by Gasteiger charge is 2.20. The third-order valence-electron chi connectivity index (χ3n) is 2.98. The van der Waals surface area contributed by atoms with Crippen LogP contribution < -0.4 is 5.32 Å². The smallest absolute Gasteiger partial charge is 0.0552 e. The van der Waals surface area contributed by atoms with Gasteiger partial charge < -0.3 is 0 Å². The van der Waals surface area contributed by atoms with E-state index < -0.39 is 0 Å². The lowest BCUT2D eigenvalue weighted by atomic mass is 9.94. The molecule has 1 heteroatoms. The minimum absolute atomic E-state index is 0.128. The van der Waals surface area contributed by atoms with Crippen LogP contribution in [0.15, 0.2) is 60.7 Å². The standard InChI is InChI=1S/C16H18N/c1-16(2,15-11-7-4-8-12-15)17-13-14-9-5-3-6-10-14/h3-12H,13H2,1-2H3. The molecule has 0 aliphatic heterocycles. The zero-order chi connectivity index (χ0) is 12.1. The van der Waals surface area contributed by atoms with E-state index in [1.807, 2.05) is 12.1 Å². The van der Waals surface area contributed by atoms with Crippen molar-refractivity contribution < 1.29 is 0 Å². The van der Waals surface area contributed by atoms with E-state index in [2.05, 4.69) is 62.4 Å². The molecule has 17 heavy (non-hydrogen) atoms. The van der Waals surface area contributed by atoms with Crippen LogP contribution in [-0.2, 0) is 12.1 Å². The minimum atomic E-state index is -0.128. The Morgan fingerprint density at radius 1 is 0.824 bits per heavy atom. The Balaban J connectivity index is 2.03. The van der Waals surface area contributed by atoms with Gasteiger partial charge in [-0.05, 0) is 25.0 Å². The molecule has 0 saturated heterocycles. The van der Waals surface area contributed by atoms with E-state index in [1.165, 1.54) is 11.1 Å². The molecule has 0 aliphatic rings. The van der Waals surface area contributed by atoms with Gasteiger partial charge in [0.2, 0.25) is 0 Å². The summed E-state index contributed by atoms with van der Waals surface area (Å²) in [6, 6.07) is 20.8. The van der Waals surface area contributed by atoms with Gasteiger partial charge in [0.25, 0.3) is 0 Å². The van der Waals surface area contributed by atoms with E-state index in [0.29, 0.717) is 0 Å². The molecule has 1 nitrogen and oxygen atoms in total. The molecule has 2 aromatic rings. The molecule has 0 unspecified atom stereocenters. The normalized spacial score (nSPS) is 11.4. The highest BCUT2D eigenvalue weighted by Crippen LogP contribution is 2.21. The fraction of sp³-hybridized carbons (Fsp3) is 0.250. The van der Waals surface area contributed by atoms with E-state index in [1.54, 1.807) is 0 Å². The number of benzene rings is 2. The predicted octanol–water partition coefficient (Wildman–Crippen LogP) is 3.73. The van der Waals surface area contributed by atoms with Crippen molar-refractivity contribution in [3.05, 3.63) is 71.8 Å². The molecular weight excluding hydrogens is 206 g/mol. The van der Waals surface area contributed by atoms with E-state index in [4.69, 9.17) is 5.32 Å². The summed E-state index contributed by atoms with van der Waals surface area (Å²) in [6.45, 7) is 5.08. The molecule has 87 valence electrons. The molecule has 0 amide bonds. The molecule has 0 saturated carbocycles. The van der Waals surface area contributed by atoms with Crippen molar-refractivity contribution in [2.45, 2.75) is 25.9 Å². The number of hydrogen-bond acceptors (Lipinski definition) is 0. The summed E-state index contributed by atoms with van der Waals surface area (Å²) in [7, 11) is 0. The Morgan fingerprint density at radius 2 is 1.35 bits per heavy atom. The fourth-order valence-electron chi connectivity index (χ4n) is 1.81. The van der Waals surface area contributed by atoms with Crippen LogP contribution in [0.3, 0.4) is 0 Å². The van der Waals surface area contributed by atoms with E-state index in [0.717, 1.165) is 6.54 Å². The summed E-state index contributed by atoms with van der Waals surface area (Å²) in [5.41, 5.74) is 2.39. The molecule has 0 N–H and O–H groups in total. The lowest BCUT2D eigenvalue weighted by Gasteiger charge is -2.25. The first-order valence-electron chi connectivity index (χ1n) is 5.96. The first-order chi connectivity index (χ1) is 8.18. The van der Waals surface area contributed by atoms with Gasteiger partial charge in [-0.1, -0.05) is 60.7 Å². The first-order valence-corrected chi connectivity index (χ1v) is 5.96. The van der Waals surface area contributed by atoms with Gasteiger partial charge in [-0.2, -0.15) is 0 Å². The number of nitrogens with zero attached hydrogens (tertiary/aromatic N) is 1. The van der Waals surface area contributed by atoms with Gasteiger partial charge in [0.1, 0.15) is 0 Å². The Hall–Kier alpha value is -1.60. The van der Waals surface area contributed by atoms with Gasteiger partial charge in [0.05, 0.1) is 5.54 Å². The average molecular weight is 224 g/mol. The summed E-state index contributed by atoms with van der Waals surface area (Å²) >= 11 is 0. The largest absolute Gasteiger partial charge is 0.226 e. The highest BCUT2D eigenvalue weighted by molar-refractivity contribution is 5.23. The van der Waals surface area contributed by atoms with Crippen molar-refractivity contribution in [3.63, 3.8) is 0 Å². The Labute approximate surface area is 103 Å². The monoisotopic (exact) mass is 224 g/mol. The maximum atomic E-state index is 4.80. The van der Waals surface area contributed by atoms with Gasteiger partial charge in [-0.3, -0.25) is 0 Å². The Bertz CT molecular complexity index is 445. The Morgan fingerprint density at radius 3 is 1.94 bits per heavy atom. The molecule has 0 aliphatic carbocycles.